The van der Waals surface area contributed by atoms with Crippen molar-refractivity contribution in [3.05, 3.63) is 0 Å². The first kappa shape index (κ1) is 10.4. The van der Waals surface area contributed by atoms with Gasteiger partial charge in [-0.3, -0.25) is 4.90 Å². The molecule has 2 rings (SSSR count). The SMILES string of the molecule is NCC[C@@H]1CCCCN1C1CCCC1. The molecule has 1 atom stereocenters. The van der Waals surface area contributed by atoms with Gasteiger partial charge in [0, 0.05) is 12.1 Å². The van der Waals surface area contributed by atoms with Crippen LogP contribution in [0.4, 0.5) is 0 Å². The van der Waals surface area contributed by atoms with Crippen LogP contribution in [0.1, 0.15) is 51.4 Å². The van der Waals surface area contributed by atoms with E-state index in [1.54, 1.807) is 0 Å². The van der Waals surface area contributed by atoms with E-state index in [4.69, 9.17) is 5.73 Å². The maximum absolute atomic E-state index is 5.69. The molecule has 0 unspecified atom stereocenters. The fourth-order valence-electron chi connectivity index (χ4n) is 3.24. The monoisotopic (exact) mass is 196 g/mol. The Kier molecular flexibility index (Phi) is 3.82. The molecule has 1 heterocycles. The molecule has 0 bridgehead atoms. The van der Waals surface area contributed by atoms with Crippen molar-refractivity contribution < 1.29 is 0 Å². The van der Waals surface area contributed by atoms with E-state index in [2.05, 4.69) is 4.90 Å². The average Bonchev–Trinajstić information content (AvgIpc) is 2.72. The normalized spacial score (nSPS) is 31.1. The molecule has 82 valence electrons. The average molecular weight is 196 g/mol. The maximum atomic E-state index is 5.69. The van der Waals surface area contributed by atoms with Crippen LogP contribution in [0.5, 0.6) is 0 Å². The fourth-order valence-corrected chi connectivity index (χ4v) is 3.24. The zero-order valence-corrected chi connectivity index (χ0v) is 9.25. The number of rotatable bonds is 3. The summed E-state index contributed by atoms with van der Waals surface area (Å²) in [5.41, 5.74) is 5.69. The van der Waals surface area contributed by atoms with Crippen LogP contribution in [-0.2, 0) is 0 Å². The van der Waals surface area contributed by atoms with Crippen LogP contribution in [0.2, 0.25) is 0 Å². The molecule has 1 saturated heterocycles. The van der Waals surface area contributed by atoms with Crippen LogP contribution in [0.25, 0.3) is 0 Å². The zero-order valence-electron chi connectivity index (χ0n) is 9.25. The van der Waals surface area contributed by atoms with Gasteiger partial charge in [-0.15, -0.1) is 0 Å². The standard InChI is InChI=1S/C12H24N2/c13-9-8-12-7-3-4-10-14(12)11-5-1-2-6-11/h11-12H,1-10,13H2/t12-/m0/s1. The van der Waals surface area contributed by atoms with Crippen LogP contribution in [0.3, 0.4) is 0 Å². The number of nitrogens with two attached hydrogens (primary N) is 1. The minimum Gasteiger partial charge on any atom is -0.330 e. The highest BCUT2D eigenvalue weighted by Gasteiger charge is 2.29. The lowest BCUT2D eigenvalue weighted by atomic mass is 9.96. The number of nitrogens with zero attached hydrogens (tertiary/aromatic N) is 1. The van der Waals surface area contributed by atoms with Crippen molar-refractivity contribution in [2.75, 3.05) is 13.1 Å². The van der Waals surface area contributed by atoms with E-state index >= 15 is 0 Å². The first-order valence-electron chi connectivity index (χ1n) is 6.37. The van der Waals surface area contributed by atoms with Gasteiger partial charge in [0.25, 0.3) is 0 Å². The highest BCUT2D eigenvalue weighted by atomic mass is 15.2. The zero-order chi connectivity index (χ0) is 9.80. The molecule has 0 aromatic carbocycles. The summed E-state index contributed by atoms with van der Waals surface area (Å²) < 4.78 is 0. The van der Waals surface area contributed by atoms with Crippen molar-refractivity contribution in [2.24, 2.45) is 5.73 Å². The molecule has 2 nitrogen and oxygen atoms in total. The molecule has 1 aliphatic heterocycles. The summed E-state index contributed by atoms with van der Waals surface area (Å²) >= 11 is 0. The van der Waals surface area contributed by atoms with Crippen LogP contribution in [-0.4, -0.2) is 30.1 Å². The van der Waals surface area contributed by atoms with E-state index in [0.29, 0.717) is 0 Å². The Bertz CT molecular complexity index is 162. The molecule has 1 saturated carbocycles. The third-order valence-electron chi connectivity index (χ3n) is 3.97. The first-order valence-corrected chi connectivity index (χ1v) is 6.37. The topological polar surface area (TPSA) is 29.3 Å². The van der Waals surface area contributed by atoms with Gasteiger partial charge in [-0.05, 0) is 45.2 Å². The lowest BCUT2D eigenvalue weighted by Crippen LogP contribution is -2.46. The number of likely N-dealkylation sites (tertiary alicyclic amines) is 1. The number of piperidine rings is 1. The second-order valence-corrected chi connectivity index (χ2v) is 4.90. The molecule has 0 radical (unpaired) electrons. The molecule has 0 aromatic heterocycles. The lowest BCUT2D eigenvalue weighted by molar-refractivity contribution is 0.0927. The van der Waals surface area contributed by atoms with Gasteiger partial charge in [0.1, 0.15) is 0 Å². The maximum Gasteiger partial charge on any atom is 0.0110 e. The van der Waals surface area contributed by atoms with Crippen molar-refractivity contribution in [3.8, 4) is 0 Å². The van der Waals surface area contributed by atoms with E-state index in [-0.39, 0.29) is 0 Å². The fraction of sp³-hybridized carbons (Fsp3) is 1.00. The Morgan fingerprint density at radius 3 is 2.43 bits per heavy atom. The van der Waals surface area contributed by atoms with E-state index in [1.807, 2.05) is 0 Å². The van der Waals surface area contributed by atoms with Crippen molar-refractivity contribution >= 4 is 0 Å². The van der Waals surface area contributed by atoms with Crippen LogP contribution >= 0.6 is 0 Å². The second kappa shape index (κ2) is 5.13. The van der Waals surface area contributed by atoms with Gasteiger partial charge in [-0.25, -0.2) is 0 Å². The molecular weight excluding hydrogens is 172 g/mol. The summed E-state index contributed by atoms with van der Waals surface area (Å²) in [5.74, 6) is 0. The predicted molar refractivity (Wildman–Crippen MR) is 60.3 cm³/mol. The Morgan fingerprint density at radius 2 is 1.71 bits per heavy atom. The third-order valence-corrected chi connectivity index (χ3v) is 3.97. The minimum atomic E-state index is 0.817. The van der Waals surface area contributed by atoms with Gasteiger partial charge < -0.3 is 5.73 Å². The van der Waals surface area contributed by atoms with E-state index in [0.717, 1.165) is 18.6 Å². The van der Waals surface area contributed by atoms with E-state index in [9.17, 15) is 0 Å². The van der Waals surface area contributed by atoms with Crippen LogP contribution < -0.4 is 5.73 Å². The number of hydrogen-bond acceptors (Lipinski definition) is 2. The highest BCUT2D eigenvalue weighted by molar-refractivity contribution is 4.85. The lowest BCUT2D eigenvalue weighted by Gasteiger charge is -2.40. The molecule has 2 fully saturated rings. The Labute approximate surface area is 87.8 Å². The van der Waals surface area contributed by atoms with Gasteiger partial charge in [-0.1, -0.05) is 19.3 Å². The molecule has 2 heteroatoms. The van der Waals surface area contributed by atoms with Crippen LogP contribution in [0, 0.1) is 0 Å². The van der Waals surface area contributed by atoms with Gasteiger partial charge >= 0.3 is 0 Å². The summed E-state index contributed by atoms with van der Waals surface area (Å²) in [4.78, 5) is 2.78. The Morgan fingerprint density at radius 1 is 1.00 bits per heavy atom. The van der Waals surface area contributed by atoms with Crippen molar-refractivity contribution in [1.29, 1.82) is 0 Å². The summed E-state index contributed by atoms with van der Waals surface area (Å²) in [7, 11) is 0. The Hall–Kier alpha value is -0.0800. The van der Waals surface area contributed by atoms with Crippen LogP contribution in [0.15, 0.2) is 0 Å². The third kappa shape index (κ3) is 2.29. The van der Waals surface area contributed by atoms with Crippen molar-refractivity contribution in [1.82, 2.24) is 4.90 Å². The van der Waals surface area contributed by atoms with Gasteiger partial charge in [0.05, 0.1) is 0 Å². The summed E-state index contributed by atoms with van der Waals surface area (Å²) in [6, 6.07) is 1.73. The van der Waals surface area contributed by atoms with E-state index < -0.39 is 0 Å². The van der Waals surface area contributed by atoms with Gasteiger partial charge in [0.2, 0.25) is 0 Å². The summed E-state index contributed by atoms with van der Waals surface area (Å²) in [6.45, 7) is 2.21. The highest BCUT2D eigenvalue weighted by Crippen LogP contribution is 2.30. The number of hydrogen-bond donors (Lipinski definition) is 1. The molecule has 2 aliphatic rings. The van der Waals surface area contributed by atoms with Gasteiger partial charge in [-0.2, -0.15) is 0 Å². The molecule has 0 amide bonds. The van der Waals surface area contributed by atoms with Gasteiger partial charge in [0.15, 0.2) is 0 Å². The quantitative estimate of drug-likeness (QED) is 0.749. The molecule has 2 N–H and O–H groups in total. The molecule has 0 spiro atoms. The molecule has 14 heavy (non-hydrogen) atoms. The second-order valence-electron chi connectivity index (χ2n) is 4.90. The van der Waals surface area contributed by atoms with Crippen molar-refractivity contribution in [3.63, 3.8) is 0 Å². The summed E-state index contributed by atoms with van der Waals surface area (Å²) in [6.07, 6.45) is 11.3. The molecular formula is C12H24N2. The smallest absolute Gasteiger partial charge is 0.0110 e. The first-order chi connectivity index (χ1) is 6.92. The predicted octanol–water partition coefficient (Wildman–Crippen LogP) is 2.13. The Balaban J connectivity index is 1.91. The largest absolute Gasteiger partial charge is 0.330 e. The molecule has 0 aromatic rings. The summed E-state index contributed by atoms with van der Waals surface area (Å²) in [5, 5.41) is 0. The van der Waals surface area contributed by atoms with Crippen molar-refractivity contribution in [2.45, 2.75) is 63.5 Å². The molecule has 1 aliphatic carbocycles. The minimum absolute atomic E-state index is 0.817. The van der Waals surface area contributed by atoms with E-state index in [1.165, 1.54) is 57.9 Å².